The van der Waals surface area contributed by atoms with Crippen molar-refractivity contribution < 1.29 is 4.79 Å². The van der Waals surface area contributed by atoms with Crippen molar-refractivity contribution >= 4 is 27.7 Å². The van der Waals surface area contributed by atoms with Gasteiger partial charge in [0.2, 0.25) is 5.91 Å². The summed E-state index contributed by atoms with van der Waals surface area (Å²) in [5.74, 6) is -0.582. The summed E-state index contributed by atoms with van der Waals surface area (Å²) in [5, 5.41) is 0. The van der Waals surface area contributed by atoms with Gasteiger partial charge in [0.1, 0.15) is 22.5 Å². The molecule has 0 unspecified atom stereocenters. The Bertz CT molecular complexity index is 880. The summed E-state index contributed by atoms with van der Waals surface area (Å²) in [7, 11) is 0. The Hall–Kier alpha value is -2.54. The molecule has 0 fully saturated rings. The molecule has 3 rings (SSSR count). The molecule has 21 heavy (non-hydrogen) atoms. The lowest BCUT2D eigenvalue weighted by Crippen LogP contribution is -2.27. The van der Waals surface area contributed by atoms with E-state index in [4.69, 9.17) is 5.73 Å². The number of nitrogens with zero attached hydrogens (tertiary/aromatic N) is 3. The average Bonchev–Trinajstić information content (AvgIpc) is 2.87. The highest BCUT2D eigenvalue weighted by molar-refractivity contribution is 7.13. The molecule has 106 valence electrons. The first-order valence-corrected chi connectivity index (χ1v) is 7.04. The van der Waals surface area contributed by atoms with E-state index in [-0.39, 0.29) is 12.1 Å². The number of aryl methyl sites for hydroxylation is 1. The van der Waals surface area contributed by atoms with Gasteiger partial charge >= 0.3 is 0 Å². The number of hydrogen-bond donors (Lipinski definition) is 1. The zero-order valence-electron chi connectivity index (χ0n) is 11.2. The standard InChI is InChI=1S/C14H12N4O2S/c1-8-2-4-9(5-3-8)11-12-13(21-17-11)14(20)18(7-16-12)6-10(15)19/h2-5,7H,6H2,1H3,(H2,15,19). The predicted molar refractivity (Wildman–Crippen MR) is 81.0 cm³/mol. The average molecular weight is 300 g/mol. The molecule has 0 aliphatic rings. The van der Waals surface area contributed by atoms with Crippen molar-refractivity contribution in [1.29, 1.82) is 0 Å². The number of hydrogen-bond acceptors (Lipinski definition) is 5. The number of nitrogens with two attached hydrogens (primary N) is 1. The second kappa shape index (κ2) is 5.10. The summed E-state index contributed by atoms with van der Waals surface area (Å²) < 4.78 is 5.95. The van der Waals surface area contributed by atoms with E-state index in [1.807, 2.05) is 31.2 Å². The topological polar surface area (TPSA) is 90.9 Å². The Kier molecular flexibility index (Phi) is 3.26. The van der Waals surface area contributed by atoms with Gasteiger partial charge in [-0.3, -0.25) is 14.2 Å². The van der Waals surface area contributed by atoms with Crippen LogP contribution in [-0.2, 0) is 11.3 Å². The summed E-state index contributed by atoms with van der Waals surface area (Å²) in [6.45, 7) is 1.82. The van der Waals surface area contributed by atoms with Crippen molar-refractivity contribution in [2.45, 2.75) is 13.5 Å². The summed E-state index contributed by atoms with van der Waals surface area (Å²) >= 11 is 1.08. The minimum Gasteiger partial charge on any atom is -0.368 e. The van der Waals surface area contributed by atoms with E-state index < -0.39 is 5.91 Å². The molecule has 0 saturated heterocycles. The van der Waals surface area contributed by atoms with Crippen molar-refractivity contribution in [2.24, 2.45) is 5.73 Å². The lowest BCUT2D eigenvalue weighted by atomic mass is 10.1. The number of fused-ring (bicyclic) bond motifs is 1. The van der Waals surface area contributed by atoms with Crippen LogP contribution in [0.1, 0.15) is 5.56 Å². The van der Waals surface area contributed by atoms with Crippen LogP contribution in [-0.4, -0.2) is 19.8 Å². The summed E-state index contributed by atoms with van der Waals surface area (Å²) in [6, 6.07) is 7.85. The zero-order valence-corrected chi connectivity index (χ0v) is 12.1. The van der Waals surface area contributed by atoms with Crippen LogP contribution in [0.2, 0.25) is 0 Å². The zero-order chi connectivity index (χ0) is 15.0. The smallest absolute Gasteiger partial charge is 0.273 e. The molecule has 3 aromatic rings. The predicted octanol–water partition coefficient (Wildman–Crippen LogP) is 1.31. The summed E-state index contributed by atoms with van der Waals surface area (Å²) in [6.07, 6.45) is 1.33. The van der Waals surface area contributed by atoms with Crippen LogP contribution in [0.4, 0.5) is 0 Å². The van der Waals surface area contributed by atoms with Crippen molar-refractivity contribution in [1.82, 2.24) is 13.9 Å². The number of rotatable bonds is 3. The first-order chi connectivity index (χ1) is 10.1. The third kappa shape index (κ3) is 2.43. The Morgan fingerprint density at radius 1 is 1.33 bits per heavy atom. The van der Waals surface area contributed by atoms with E-state index in [9.17, 15) is 9.59 Å². The molecule has 2 N–H and O–H groups in total. The van der Waals surface area contributed by atoms with Crippen molar-refractivity contribution in [2.75, 3.05) is 0 Å². The van der Waals surface area contributed by atoms with Crippen LogP contribution >= 0.6 is 11.5 Å². The number of carbonyl (C=O) groups is 1. The molecule has 0 atom stereocenters. The number of benzene rings is 1. The molecule has 2 heterocycles. The molecule has 1 amide bonds. The van der Waals surface area contributed by atoms with Crippen LogP contribution in [0.5, 0.6) is 0 Å². The first-order valence-electron chi connectivity index (χ1n) is 6.26. The fraction of sp³-hybridized carbons (Fsp3) is 0.143. The third-order valence-corrected chi connectivity index (χ3v) is 3.92. The highest BCUT2D eigenvalue weighted by Gasteiger charge is 2.14. The van der Waals surface area contributed by atoms with E-state index >= 15 is 0 Å². The summed E-state index contributed by atoms with van der Waals surface area (Å²) in [4.78, 5) is 27.4. The molecule has 0 aliphatic heterocycles. The SMILES string of the molecule is Cc1ccc(-c2nsc3c(=O)n(CC(N)=O)cnc23)cc1. The van der Waals surface area contributed by atoms with Crippen LogP contribution in [0.15, 0.2) is 35.4 Å². The van der Waals surface area contributed by atoms with Gasteiger partial charge in [0.15, 0.2) is 0 Å². The van der Waals surface area contributed by atoms with Gasteiger partial charge in [0.25, 0.3) is 5.56 Å². The molecule has 0 saturated carbocycles. The Morgan fingerprint density at radius 3 is 2.71 bits per heavy atom. The van der Waals surface area contributed by atoms with Gasteiger partial charge in [-0.25, -0.2) is 4.98 Å². The van der Waals surface area contributed by atoms with E-state index in [0.29, 0.717) is 15.9 Å². The maximum absolute atomic E-state index is 12.2. The minimum atomic E-state index is -0.582. The molecular weight excluding hydrogens is 288 g/mol. The van der Waals surface area contributed by atoms with E-state index in [1.54, 1.807) is 0 Å². The van der Waals surface area contributed by atoms with E-state index in [2.05, 4.69) is 9.36 Å². The van der Waals surface area contributed by atoms with Crippen molar-refractivity contribution in [3.8, 4) is 11.3 Å². The molecule has 0 bridgehead atoms. The summed E-state index contributed by atoms with van der Waals surface area (Å²) in [5.41, 5.74) is 8.10. The number of amides is 1. The Balaban J connectivity index is 2.15. The third-order valence-electron chi connectivity index (χ3n) is 3.10. The first kappa shape index (κ1) is 13.4. The highest BCUT2D eigenvalue weighted by Crippen LogP contribution is 2.27. The van der Waals surface area contributed by atoms with Gasteiger partial charge in [0.05, 0.1) is 6.33 Å². The highest BCUT2D eigenvalue weighted by atomic mass is 32.1. The van der Waals surface area contributed by atoms with E-state index in [1.165, 1.54) is 10.9 Å². The Morgan fingerprint density at radius 2 is 2.05 bits per heavy atom. The van der Waals surface area contributed by atoms with Gasteiger partial charge in [0, 0.05) is 5.56 Å². The molecule has 6 nitrogen and oxygen atoms in total. The van der Waals surface area contributed by atoms with Crippen LogP contribution in [0.25, 0.3) is 21.5 Å². The molecule has 1 aromatic carbocycles. The number of carbonyl (C=O) groups excluding carboxylic acids is 1. The second-order valence-electron chi connectivity index (χ2n) is 4.72. The molecule has 2 aromatic heterocycles. The number of aromatic nitrogens is 3. The Labute approximate surface area is 124 Å². The van der Waals surface area contributed by atoms with Crippen LogP contribution in [0, 0.1) is 6.92 Å². The van der Waals surface area contributed by atoms with Gasteiger partial charge < -0.3 is 5.73 Å². The fourth-order valence-corrected chi connectivity index (χ4v) is 2.84. The largest absolute Gasteiger partial charge is 0.368 e. The lowest BCUT2D eigenvalue weighted by molar-refractivity contribution is -0.118. The maximum atomic E-state index is 12.2. The molecular formula is C14H12N4O2S. The molecule has 0 aliphatic carbocycles. The number of primary amides is 1. The van der Waals surface area contributed by atoms with Crippen LogP contribution < -0.4 is 11.3 Å². The van der Waals surface area contributed by atoms with Gasteiger partial charge in [-0.15, -0.1) is 0 Å². The van der Waals surface area contributed by atoms with Crippen LogP contribution in [0.3, 0.4) is 0 Å². The van der Waals surface area contributed by atoms with Gasteiger partial charge in [-0.1, -0.05) is 29.8 Å². The fourth-order valence-electron chi connectivity index (χ4n) is 2.04. The lowest BCUT2D eigenvalue weighted by Gasteiger charge is -2.02. The van der Waals surface area contributed by atoms with Crippen molar-refractivity contribution in [3.63, 3.8) is 0 Å². The van der Waals surface area contributed by atoms with Gasteiger partial charge in [-0.05, 0) is 18.5 Å². The maximum Gasteiger partial charge on any atom is 0.273 e. The van der Waals surface area contributed by atoms with Crippen molar-refractivity contribution in [3.05, 3.63) is 46.5 Å². The van der Waals surface area contributed by atoms with Gasteiger partial charge in [-0.2, -0.15) is 4.37 Å². The quantitative estimate of drug-likeness (QED) is 0.789. The second-order valence-corrected chi connectivity index (χ2v) is 5.49. The van der Waals surface area contributed by atoms with E-state index in [0.717, 1.165) is 22.7 Å². The molecule has 0 spiro atoms. The monoisotopic (exact) mass is 300 g/mol. The normalized spacial score (nSPS) is 10.9. The molecule has 0 radical (unpaired) electrons. The molecule has 7 heteroatoms. The minimum absolute atomic E-state index is 0.181.